The van der Waals surface area contributed by atoms with Gasteiger partial charge in [-0.2, -0.15) is 13.2 Å². The van der Waals surface area contributed by atoms with Crippen LogP contribution in [0.3, 0.4) is 0 Å². The van der Waals surface area contributed by atoms with Gasteiger partial charge in [0.15, 0.2) is 0 Å². The predicted octanol–water partition coefficient (Wildman–Crippen LogP) is 2.87. The standard InChI is InChI=1S/C12H9F3O3/c13-12(14,15)6-10-8(11(16)17)5-7-3-1-2-4-9(7)18-10/h1-5,10H,6H2,(H,16,17). The molecule has 2 rings (SSSR count). The van der Waals surface area contributed by atoms with Gasteiger partial charge in [-0.3, -0.25) is 0 Å². The summed E-state index contributed by atoms with van der Waals surface area (Å²) in [5.41, 5.74) is 0.0827. The second kappa shape index (κ2) is 4.36. The molecule has 1 aliphatic heterocycles. The number of hydrogen-bond acceptors (Lipinski definition) is 2. The van der Waals surface area contributed by atoms with Crippen molar-refractivity contribution in [2.75, 3.05) is 0 Å². The van der Waals surface area contributed by atoms with Crippen LogP contribution in [-0.2, 0) is 4.79 Å². The second-order valence-corrected chi connectivity index (χ2v) is 3.87. The number of benzene rings is 1. The van der Waals surface area contributed by atoms with E-state index in [1.807, 2.05) is 0 Å². The van der Waals surface area contributed by atoms with E-state index in [9.17, 15) is 18.0 Å². The molecule has 0 aliphatic carbocycles. The minimum absolute atomic E-state index is 0.261. The minimum atomic E-state index is -4.48. The second-order valence-electron chi connectivity index (χ2n) is 3.87. The molecular formula is C12H9F3O3. The van der Waals surface area contributed by atoms with Crippen molar-refractivity contribution in [3.8, 4) is 5.75 Å². The Hall–Kier alpha value is -1.98. The van der Waals surface area contributed by atoms with Crippen molar-refractivity contribution in [2.45, 2.75) is 18.7 Å². The Morgan fingerprint density at radius 2 is 2.00 bits per heavy atom. The molecule has 1 unspecified atom stereocenters. The monoisotopic (exact) mass is 258 g/mol. The van der Waals surface area contributed by atoms with Crippen LogP contribution in [0.5, 0.6) is 5.75 Å². The van der Waals surface area contributed by atoms with Gasteiger partial charge < -0.3 is 9.84 Å². The normalized spacial score (nSPS) is 18.6. The maximum Gasteiger partial charge on any atom is 0.392 e. The van der Waals surface area contributed by atoms with Crippen molar-refractivity contribution in [3.63, 3.8) is 0 Å². The number of fused-ring (bicyclic) bond motifs is 1. The average molecular weight is 258 g/mol. The van der Waals surface area contributed by atoms with E-state index in [-0.39, 0.29) is 11.3 Å². The van der Waals surface area contributed by atoms with E-state index >= 15 is 0 Å². The molecular weight excluding hydrogens is 249 g/mol. The molecule has 0 amide bonds. The van der Waals surface area contributed by atoms with E-state index in [1.165, 1.54) is 12.1 Å². The van der Waals surface area contributed by atoms with Gasteiger partial charge in [0.2, 0.25) is 0 Å². The third kappa shape index (κ3) is 2.64. The van der Waals surface area contributed by atoms with Crippen LogP contribution < -0.4 is 4.74 Å². The number of carbonyl (C=O) groups is 1. The smallest absolute Gasteiger partial charge is 0.392 e. The fourth-order valence-corrected chi connectivity index (χ4v) is 1.75. The van der Waals surface area contributed by atoms with Gasteiger partial charge in [-0.15, -0.1) is 0 Å². The lowest BCUT2D eigenvalue weighted by Gasteiger charge is -2.25. The lowest BCUT2D eigenvalue weighted by molar-refractivity contribution is -0.150. The lowest BCUT2D eigenvalue weighted by atomic mass is 9.99. The van der Waals surface area contributed by atoms with Crippen LogP contribution in [0.15, 0.2) is 29.8 Å². The number of aliphatic carboxylic acids is 1. The molecule has 0 fully saturated rings. The fraction of sp³-hybridized carbons (Fsp3) is 0.250. The maximum atomic E-state index is 12.4. The van der Waals surface area contributed by atoms with Gasteiger partial charge in [0.05, 0.1) is 12.0 Å². The highest BCUT2D eigenvalue weighted by molar-refractivity contribution is 5.94. The molecule has 6 heteroatoms. The number of rotatable bonds is 2. The molecule has 1 aliphatic rings. The Balaban J connectivity index is 2.36. The molecule has 0 radical (unpaired) electrons. The van der Waals surface area contributed by atoms with Crippen LogP contribution in [0.2, 0.25) is 0 Å². The first-order valence-corrected chi connectivity index (χ1v) is 5.14. The summed E-state index contributed by atoms with van der Waals surface area (Å²) in [6.45, 7) is 0. The Morgan fingerprint density at radius 3 is 2.61 bits per heavy atom. The van der Waals surface area contributed by atoms with Crippen LogP contribution in [0.1, 0.15) is 12.0 Å². The molecule has 0 spiro atoms. The maximum absolute atomic E-state index is 12.4. The van der Waals surface area contributed by atoms with E-state index in [2.05, 4.69) is 0 Å². The molecule has 0 saturated heterocycles. The molecule has 96 valence electrons. The number of carboxylic acids is 1. The Bertz CT molecular complexity index is 506. The van der Waals surface area contributed by atoms with Gasteiger partial charge in [0.25, 0.3) is 0 Å². The summed E-state index contributed by atoms with van der Waals surface area (Å²) in [6.07, 6.45) is -6.08. The van der Waals surface area contributed by atoms with Crippen LogP contribution in [-0.4, -0.2) is 23.4 Å². The molecule has 1 N–H and O–H groups in total. The van der Waals surface area contributed by atoms with Crippen molar-refractivity contribution in [1.82, 2.24) is 0 Å². The highest BCUT2D eigenvalue weighted by Crippen LogP contribution is 2.34. The lowest BCUT2D eigenvalue weighted by Crippen LogP contribution is -2.32. The molecule has 0 saturated carbocycles. The van der Waals surface area contributed by atoms with Crippen LogP contribution in [0, 0.1) is 0 Å². The zero-order valence-corrected chi connectivity index (χ0v) is 9.07. The summed E-state index contributed by atoms with van der Waals surface area (Å²) >= 11 is 0. The number of para-hydroxylation sites is 1. The Kier molecular flexibility index (Phi) is 3.02. The highest BCUT2D eigenvalue weighted by atomic mass is 19.4. The van der Waals surface area contributed by atoms with Crippen molar-refractivity contribution in [1.29, 1.82) is 0 Å². The van der Waals surface area contributed by atoms with Crippen molar-refractivity contribution < 1.29 is 27.8 Å². The van der Waals surface area contributed by atoms with E-state index < -0.39 is 24.7 Å². The Labute approximate surface area is 100 Å². The molecule has 1 atom stereocenters. The van der Waals surface area contributed by atoms with Crippen LogP contribution in [0.25, 0.3) is 6.08 Å². The number of hydrogen-bond donors (Lipinski definition) is 1. The minimum Gasteiger partial charge on any atom is -0.484 e. The first-order valence-electron chi connectivity index (χ1n) is 5.14. The summed E-state index contributed by atoms with van der Waals surface area (Å²) < 4.78 is 42.2. The van der Waals surface area contributed by atoms with Gasteiger partial charge >= 0.3 is 12.1 Å². The zero-order valence-electron chi connectivity index (χ0n) is 9.07. The van der Waals surface area contributed by atoms with E-state index in [0.717, 1.165) is 0 Å². The van der Waals surface area contributed by atoms with E-state index in [4.69, 9.17) is 9.84 Å². The number of carboxylic acid groups (broad SMARTS) is 1. The molecule has 0 bridgehead atoms. The van der Waals surface area contributed by atoms with Crippen LogP contribution >= 0.6 is 0 Å². The summed E-state index contributed by atoms with van der Waals surface area (Å²) in [7, 11) is 0. The third-order valence-electron chi connectivity index (χ3n) is 2.51. The largest absolute Gasteiger partial charge is 0.484 e. The number of ether oxygens (including phenoxy) is 1. The van der Waals surface area contributed by atoms with Crippen molar-refractivity contribution in [2.24, 2.45) is 0 Å². The van der Waals surface area contributed by atoms with Gasteiger partial charge in [0, 0.05) is 5.56 Å². The van der Waals surface area contributed by atoms with E-state index in [1.54, 1.807) is 18.2 Å². The average Bonchev–Trinajstić information content (AvgIpc) is 2.25. The molecule has 1 aromatic rings. The molecule has 18 heavy (non-hydrogen) atoms. The summed E-state index contributed by atoms with van der Waals surface area (Å²) in [6, 6.07) is 6.36. The van der Waals surface area contributed by atoms with Gasteiger partial charge in [0.1, 0.15) is 11.9 Å². The number of halogens is 3. The van der Waals surface area contributed by atoms with Gasteiger partial charge in [-0.1, -0.05) is 18.2 Å². The summed E-state index contributed by atoms with van der Waals surface area (Å²) in [5, 5.41) is 8.92. The van der Waals surface area contributed by atoms with Gasteiger partial charge in [-0.25, -0.2) is 4.79 Å². The van der Waals surface area contributed by atoms with Crippen molar-refractivity contribution >= 4 is 12.0 Å². The summed E-state index contributed by atoms with van der Waals surface area (Å²) in [5.74, 6) is -1.14. The SMILES string of the molecule is O=C(O)C1=Cc2ccccc2OC1CC(F)(F)F. The first-order chi connectivity index (χ1) is 8.37. The van der Waals surface area contributed by atoms with Crippen molar-refractivity contribution in [3.05, 3.63) is 35.4 Å². The fourth-order valence-electron chi connectivity index (χ4n) is 1.75. The zero-order chi connectivity index (χ0) is 13.3. The topological polar surface area (TPSA) is 46.5 Å². The highest BCUT2D eigenvalue weighted by Gasteiger charge is 2.38. The molecule has 1 heterocycles. The summed E-state index contributed by atoms with van der Waals surface area (Å²) in [4.78, 5) is 10.9. The quantitative estimate of drug-likeness (QED) is 0.887. The van der Waals surface area contributed by atoms with E-state index in [0.29, 0.717) is 5.56 Å². The molecule has 1 aromatic carbocycles. The third-order valence-corrected chi connectivity index (χ3v) is 2.51. The number of alkyl halides is 3. The molecule has 0 aromatic heterocycles. The predicted molar refractivity (Wildman–Crippen MR) is 57.1 cm³/mol. The molecule has 3 nitrogen and oxygen atoms in total. The first kappa shape index (κ1) is 12.5. The Morgan fingerprint density at radius 1 is 1.33 bits per heavy atom. The van der Waals surface area contributed by atoms with Gasteiger partial charge in [-0.05, 0) is 12.1 Å². The van der Waals surface area contributed by atoms with Crippen LogP contribution in [0.4, 0.5) is 13.2 Å².